The molecule has 0 saturated carbocycles. The normalized spacial score (nSPS) is 10.4. The Morgan fingerprint density at radius 3 is 2.50 bits per heavy atom. The van der Waals surface area contributed by atoms with Crippen LogP contribution in [0.15, 0.2) is 12.1 Å². The number of unbranched alkanes of at least 4 members (excludes halogenated alkanes) is 2. The van der Waals surface area contributed by atoms with E-state index in [1.54, 1.807) is 12.1 Å². The average molecular weight is 194 g/mol. The van der Waals surface area contributed by atoms with Gasteiger partial charge in [0.2, 0.25) is 0 Å². The third kappa shape index (κ3) is 2.41. The first-order valence-corrected chi connectivity index (χ1v) is 5.17. The van der Waals surface area contributed by atoms with Crippen molar-refractivity contribution in [1.29, 1.82) is 0 Å². The standard InChI is InChI=1S/C12H18O2/c1-3-4-5-6-10-11(13)8-7-9(2)12(10)14/h7-8,13-14H,3-6H2,1-2H3. The summed E-state index contributed by atoms with van der Waals surface area (Å²) in [5.74, 6) is 0.463. The van der Waals surface area contributed by atoms with E-state index in [-0.39, 0.29) is 11.5 Å². The molecule has 0 bridgehead atoms. The van der Waals surface area contributed by atoms with Crippen molar-refractivity contribution in [2.75, 3.05) is 0 Å². The highest BCUT2D eigenvalue weighted by atomic mass is 16.3. The highest BCUT2D eigenvalue weighted by Crippen LogP contribution is 2.31. The largest absolute Gasteiger partial charge is 0.508 e. The van der Waals surface area contributed by atoms with Crippen molar-refractivity contribution in [3.05, 3.63) is 23.3 Å². The molecule has 2 nitrogen and oxygen atoms in total. The number of rotatable bonds is 4. The monoisotopic (exact) mass is 194 g/mol. The number of hydrogen-bond acceptors (Lipinski definition) is 2. The molecule has 0 fully saturated rings. The van der Waals surface area contributed by atoms with Gasteiger partial charge in [-0.15, -0.1) is 0 Å². The molecule has 1 rings (SSSR count). The van der Waals surface area contributed by atoms with Crippen LogP contribution >= 0.6 is 0 Å². The smallest absolute Gasteiger partial charge is 0.125 e. The van der Waals surface area contributed by atoms with Gasteiger partial charge in [0.1, 0.15) is 11.5 Å². The Labute approximate surface area is 85.2 Å². The van der Waals surface area contributed by atoms with Gasteiger partial charge in [-0.25, -0.2) is 0 Å². The topological polar surface area (TPSA) is 40.5 Å². The molecule has 0 aliphatic carbocycles. The van der Waals surface area contributed by atoms with Crippen LogP contribution in [0.5, 0.6) is 11.5 Å². The van der Waals surface area contributed by atoms with Gasteiger partial charge in [0.25, 0.3) is 0 Å². The highest BCUT2D eigenvalue weighted by molar-refractivity contribution is 5.47. The third-order valence-corrected chi connectivity index (χ3v) is 2.49. The van der Waals surface area contributed by atoms with Crippen LogP contribution in [0, 0.1) is 6.92 Å². The lowest BCUT2D eigenvalue weighted by Gasteiger charge is -2.08. The Morgan fingerprint density at radius 1 is 1.14 bits per heavy atom. The molecule has 0 radical (unpaired) electrons. The van der Waals surface area contributed by atoms with Crippen molar-refractivity contribution in [2.24, 2.45) is 0 Å². The summed E-state index contributed by atoms with van der Waals surface area (Å²) in [4.78, 5) is 0. The second-order valence-electron chi connectivity index (χ2n) is 3.69. The van der Waals surface area contributed by atoms with E-state index in [0.29, 0.717) is 5.56 Å². The number of benzene rings is 1. The van der Waals surface area contributed by atoms with E-state index in [2.05, 4.69) is 6.92 Å². The lowest BCUT2D eigenvalue weighted by Crippen LogP contribution is -1.89. The molecular formula is C12H18O2. The zero-order valence-electron chi connectivity index (χ0n) is 8.88. The lowest BCUT2D eigenvalue weighted by atomic mass is 10.0. The molecule has 0 aliphatic rings. The van der Waals surface area contributed by atoms with Crippen LogP contribution in [0.25, 0.3) is 0 Å². The van der Waals surface area contributed by atoms with E-state index in [4.69, 9.17) is 0 Å². The van der Waals surface area contributed by atoms with Gasteiger partial charge in [-0.3, -0.25) is 0 Å². The van der Waals surface area contributed by atoms with Crippen LogP contribution in [0.3, 0.4) is 0 Å². The fraction of sp³-hybridized carbons (Fsp3) is 0.500. The summed E-state index contributed by atoms with van der Waals surface area (Å²) in [6.07, 6.45) is 4.05. The summed E-state index contributed by atoms with van der Waals surface area (Å²) < 4.78 is 0. The minimum atomic E-state index is 0.212. The zero-order chi connectivity index (χ0) is 10.6. The Morgan fingerprint density at radius 2 is 1.86 bits per heavy atom. The average Bonchev–Trinajstić information content (AvgIpc) is 2.18. The van der Waals surface area contributed by atoms with Gasteiger partial charge in [0.05, 0.1) is 0 Å². The quantitative estimate of drug-likeness (QED) is 0.723. The maximum absolute atomic E-state index is 9.72. The van der Waals surface area contributed by atoms with Gasteiger partial charge >= 0.3 is 0 Å². The van der Waals surface area contributed by atoms with Crippen LogP contribution < -0.4 is 0 Å². The van der Waals surface area contributed by atoms with Crippen LogP contribution in [-0.4, -0.2) is 10.2 Å². The summed E-state index contributed by atoms with van der Waals surface area (Å²) in [6, 6.07) is 3.38. The van der Waals surface area contributed by atoms with Crippen LogP contribution in [0.2, 0.25) is 0 Å². The van der Waals surface area contributed by atoms with Gasteiger partial charge in [0, 0.05) is 5.56 Å². The Bertz CT molecular complexity index is 305. The number of phenolic OH excluding ortho intramolecular Hbond substituents is 2. The van der Waals surface area contributed by atoms with Crippen molar-refractivity contribution < 1.29 is 10.2 Å². The van der Waals surface area contributed by atoms with Gasteiger partial charge < -0.3 is 10.2 Å². The fourth-order valence-electron chi connectivity index (χ4n) is 1.54. The van der Waals surface area contributed by atoms with Gasteiger partial charge in [-0.2, -0.15) is 0 Å². The molecule has 0 aromatic heterocycles. The third-order valence-electron chi connectivity index (χ3n) is 2.49. The zero-order valence-corrected chi connectivity index (χ0v) is 8.88. The van der Waals surface area contributed by atoms with Crippen molar-refractivity contribution in [1.82, 2.24) is 0 Å². The Kier molecular flexibility index (Phi) is 3.81. The second-order valence-corrected chi connectivity index (χ2v) is 3.69. The van der Waals surface area contributed by atoms with Gasteiger partial charge in [-0.05, 0) is 31.4 Å². The van der Waals surface area contributed by atoms with Gasteiger partial charge in [0.15, 0.2) is 0 Å². The minimum absolute atomic E-state index is 0.212. The molecule has 2 heteroatoms. The molecule has 0 aliphatic heterocycles. The number of phenols is 2. The predicted molar refractivity (Wildman–Crippen MR) is 57.7 cm³/mol. The van der Waals surface area contributed by atoms with E-state index >= 15 is 0 Å². The van der Waals surface area contributed by atoms with Crippen LogP contribution in [0.4, 0.5) is 0 Å². The molecule has 0 atom stereocenters. The minimum Gasteiger partial charge on any atom is -0.508 e. The molecular weight excluding hydrogens is 176 g/mol. The van der Waals surface area contributed by atoms with Crippen molar-refractivity contribution in [3.63, 3.8) is 0 Å². The molecule has 78 valence electrons. The summed E-state index contributed by atoms with van der Waals surface area (Å²) in [6.45, 7) is 3.98. The van der Waals surface area contributed by atoms with Crippen molar-refractivity contribution in [3.8, 4) is 11.5 Å². The second kappa shape index (κ2) is 4.89. The molecule has 14 heavy (non-hydrogen) atoms. The highest BCUT2D eigenvalue weighted by Gasteiger charge is 2.08. The first-order valence-electron chi connectivity index (χ1n) is 5.17. The first kappa shape index (κ1) is 10.9. The summed E-state index contributed by atoms with van der Waals surface area (Å²) in [5.41, 5.74) is 1.52. The number of hydrogen-bond donors (Lipinski definition) is 2. The maximum atomic E-state index is 9.72. The molecule has 0 amide bonds. The van der Waals surface area contributed by atoms with E-state index < -0.39 is 0 Å². The van der Waals surface area contributed by atoms with E-state index in [9.17, 15) is 10.2 Å². The summed E-state index contributed by atoms with van der Waals surface area (Å²) >= 11 is 0. The maximum Gasteiger partial charge on any atom is 0.125 e. The van der Waals surface area contributed by atoms with Crippen molar-refractivity contribution >= 4 is 0 Å². The van der Waals surface area contributed by atoms with E-state index in [1.165, 1.54) is 0 Å². The Hall–Kier alpha value is -1.18. The number of aromatic hydroxyl groups is 2. The molecule has 2 N–H and O–H groups in total. The molecule has 0 unspecified atom stereocenters. The van der Waals surface area contributed by atoms with Crippen LogP contribution in [0.1, 0.15) is 37.3 Å². The Balaban J connectivity index is 2.79. The van der Waals surface area contributed by atoms with E-state index in [0.717, 1.165) is 31.2 Å². The molecule has 1 aromatic carbocycles. The predicted octanol–water partition coefficient (Wildman–Crippen LogP) is 3.14. The van der Waals surface area contributed by atoms with E-state index in [1.807, 2.05) is 6.92 Å². The van der Waals surface area contributed by atoms with Crippen molar-refractivity contribution in [2.45, 2.75) is 39.5 Å². The molecule has 0 saturated heterocycles. The summed E-state index contributed by atoms with van der Waals surface area (Å²) in [5, 5.41) is 19.3. The van der Waals surface area contributed by atoms with Crippen LogP contribution in [-0.2, 0) is 6.42 Å². The lowest BCUT2D eigenvalue weighted by molar-refractivity contribution is 0.433. The SMILES string of the molecule is CCCCCc1c(O)ccc(C)c1O. The fourth-order valence-corrected chi connectivity index (χ4v) is 1.54. The summed E-state index contributed by atoms with van der Waals surface area (Å²) in [7, 11) is 0. The molecule has 0 heterocycles. The number of aryl methyl sites for hydroxylation is 1. The van der Waals surface area contributed by atoms with Gasteiger partial charge in [-0.1, -0.05) is 25.8 Å². The first-order chi connectivity index (χ1) is 6.66. The molecule has 0 spiro atoms. The molecule has 1 aromatic rings.